The summed E-state index contributed by atoms with van der Waals surface area (Å²) in [5, 5.41) is 87.2. The molecular weight excluding hydrogens is 1050 g/mol. The molecule has 2 heterocycles. The van der Waals surface area contributed by atoms with Crippen LogP contribution in [0.3, 0.4) is 0 Å². The van der Waals surface area contributed by atoms with Crippen molar-refractivity contribution in [3.05, 3.63) is 122 Å². The van der Waals surface area contributed by atoms with Gasteiger partial charge in [0.15, 0.2) is 12.6 Å². The maximum atomic E-state index is 13.3. The Hall–Kier alpha value is -3.61. The van der Waals surface area contributed by atoms with Crippen LogP contribution in [0, 0.1) is 0 Å². The minimum Gasteiger partial charge on any atom is -0.394 e. The molecule has 2 saturated heterocycles. The third kappa shape index (κ3) is 37.5. The van der Waals surface area contributed by atoms with Gasteiger partial charge in [0.25, 0.3) is 0 Å². The van der Waals surface area contributed by atoms with Crippen molar-refractivity contribution in [2.24, 2.45) is 0 Å². The van der Waals surface area contributed by atoms with E-state index in [1.807, 2.05) is 6.08 Å². The Balaban J connectivity index is 1.74. The van der Waals surface area contributed by atoms with E-state index < -0.39 is 86.8 Å². The molecule has 0 saturated carbocycles. The topological polar surface area (TPSA) is 228 Å². The third-order valence-electron chi connectivity index (χ3n) is 14.9. The molecule has 0 spiro atoms. The van der Waals surface area contributed by atoms with Crippen LogP contribution in [-0.4, -0.2) is 140 Å². The Morgan fingerprint density at radius 1 is 0.446 bits per heavy atom. The van der Waals surface area contributed by atoms with E-state index in [-0.39, 0.29) is 18.9 Å². The second kappa shape index (κ2) is 52.7. The minimum absolute atomic E-state index is 0.248. The number of carbonyl (C=O) groups is 1. The average Bonchev–Trinajstić information content (AvgIpc) is 3.64. The fourth-order valence-electron chi connectivity index (χ4n) is 9.73. The number of nitrogens with one attached hydrogen (secondary N) is 1. The molecule has 2 rings (SSSR count). The Morgan fingerprint density at radius 3 is 1.33 bits per heavy atom. The SMILES string of the molecule is CC/C=C\C/C=C\C/C=C\C/C=C\C/C=C\C/C=C\C/C=C\C/C=C\CCCCCCCCC(=O)NC(COC1OC(CO)C(OC2OC(CO)C(O)C(O)C2O)C(O)C1O)C(O)/C=C/CC/C=C/CCCCCCCCCCCCCC. The maximum absolute atomic E-state index is 13.3. The van der Waals surface area contributed by atoms with E-state index in [1.165, 1.54) is 77.0 Å². The summed E-state index contributed by atoms with van der Waals surface area (Å²) in [6.45, 7) is 2.65. The lowest BCUT2D eigenvalue weighted by Gasteiger charge is -2.46. The fraction of sp³-hybridized carbons (Fsp3) is 0.696. The smallest absolute Gasteiger partial charge is 0.220 e. The van der Waals surface area contributed by atoms with Crippen LogP contribution in [0.1, 0.15) is 213 Å². The monoisotopic (exact) mass is 1170 g/mol. The normalized spacial score (nSPS) is 24.7. The van der Waals surface area contributed by atoms with Crippen molar-refractivity contribution in [3.63, 3.8) is 0 Å². The van der Waals surface area contributed by atoms with Crippen molar-refractivity contribution in [1.29, 1.82) is 0 Å². The van der Waals surface area contributed by atoms with Crippen LogP contribution >= 0.6 is 0 Å². The molecule has 9 N–H and O–H groups in total. The number of hydrogen-bond donors (Lipinski definition) is 9. The first-order chi connectivity index (χ1) is 40.6. The second-order valence-corrected chi connectivity index (χ2v) is 22.1. The summed E-state index contributed by atoms with van der Waals surface area (Å²) in [7, 11) is 0. The van der Waals surface area contributed by atoms with Gasteiger partial charge < -0.3 is 65.1 Å². The Kier molecular flexibility index (Phi) is 47.9. The molecule has 0 aliphatic carbocycles. The van der Waals surface area contributed by atoms with E-state index in [2.05, 4.69) is 129 Å². The molecule has 83 heavy (non-hydrogen) atoms. The van der Waals surface area contributed by atoms with Gasteiger partial charge in [-0.1, -0.05) is 232 Å². The van der Waals surface area contributed by atoms with Gasteiger partial charge in [-0.25, -0.2) is 0 Å². The summed E-state index contributed by atoms with van der Waals surface area (Å²) in [6, 6.07) is -0.949. The van der Waals surface area contributed by atoms with Crippen LogP contribution in [0.4, 0.5) is 0 Å². The summed E-state index contributed by atoms with van der Waals surface area (Å²) in [5.41, 5.74) is 0. The zero-order chi connectivity index (χ0) is 60.2. The van der Waals surface area contributed by atoms with Crippen molar-refractivity contribution in [2.75, 3.05) is 19.8 Å². The number of amides is 1. The highest BCUT2D eigenvalue weighted by Crippen LogP contribution is 2.30. The predicted molar refractivity (Wildman–Crippen MR) is 336 cm³/mol. The van der Waals surface area contributed by atoms with Crippen LogP contribution in [0.15, 0.2) is 122 Å². The Bertz CT molecular complexity index is 1850. The van der Waals surface area contributed by atoms with Gasteiger partial charge in [-0.15, -0.1) is 0 Å². The molecule has 0 aromatic heterocycles. The maximum Gasteiger partial charge on any atom is 0.220 e. The van der Waals surface area contributed by atoms with Gasteiger partial charge >= 0.3 is 0 Å². The summed E-state index contributed by atoms with van der Waals surface area (Å²) >= 11 is 0. The van der Waals surface area contributed by atoms with E-state index in [1.54, 1.807) is 6.08 Å². The number of aliphatic hydroxyl groups excluding tert-OH is 8. The minimum atomic E-state index is -1.80. The molecule has 12 unspecified atom stereocenters. The highest BCUT2D eigenvalue weighted by atomic mass is 16.7. The second-order valence-electron chi connectivity index (χ2n) is 22.1. The number of unbranched alkanes of at least 4 members (excludes halogenated alkanes) is 19. The van der Waals surface area contributed by atoms with Crippen molar-refractivity contribution in [3.8, 4) is 0 Å². The molecule has 0 aromatic rings. The molecule has 2 aliphatic rings. The molecule has 0 aromatic carbocycles. The summed E-state index contributed by atoms with van der Waals surface area (Å²) in [4.78, 5) is 13.3. The largest absolute Gasteiger partial charge is 0.394 e. The lowest BCUT2D eigenvalue weighted by atomic mass is 9.97. The van der Waals surface area contributed by atoms with Gasteiger partial charge in [0.05, 0.1) is 32.0 Å². The zero-order valence-corrected chi connectivity index (χ0v) is 51.1. The molecule has 14 heteroatoms. The molecule has 0 radical (unpaired) electrons. The zero-order valence-electron chi connectivity index (χ0n) is 51.1. The van der Waals surface area contributed by atoms with Crippen molar-refractivity contribution < 1.29 is 64.6 Å². The van der Waals surface area contributed by atoms with Crippen LogP contribution in [-0.2, 0) is 23.7 Å². The van der Waals surface area contributed by atoms with Crippen LogP contribution < -0.4 is 5.32 Å². The lowest BCUT2D eigenvalue weighted by Crippen LogP contribution is -2.65. The number of ether oxygens (including phenoxy) is 4. The van der Waals surface area contributed by atoms with Crippen LogP contribution in [0.25, 0.3) is 0 Å². The first-order valence-corrected chi connectivity index (χ1v) is 32.3. The highest BCUT2D eigenvalue weighted by Gasteiger charge is 2.51. The summed E-state index contributed by atoms with van der Waals surface area (Å²) < 4.78 is 22.8. The molecule has 2 aliphatic heterocycles. The number of hydrogen-bond acceptors (Lipinski definition) is 13. The number of rotatable bonds is 50. The molecular formula is C69H115NO13. The molecule has 14 nitrogen and oxygen atoms in total. The number of carbonyl (C=O) groups excluding carboxylic acids is 1. The predicted octanol–water partition coefficient (Wildman–Crippen LogP) is 12.2. The van der Waals surface area contributed by atoms with E-state index in [4.69, 9.17) is 18.9 Å². The number of aliphatic hydroxyl groups is 8. The van der Waals surface area contributed by atoms with Crippen molar-refractivity contribution in [2.45, 2.75) is 286 Å². The quantitative estimate of drug-likeness (QED) is 0.0204. The summed E-state index contributed by atoms with van der Waals surface area (Å²) in [6.07, 6.45) is 59.5. The van der Waals surface area contributed by atoms with E-state index in [0.29, 0.717) is 12.8 Å². The Labute approximate surface area is 501 Å². The van der Waals surface area contributed by atoms with Gasteiger partial charge in [0, 0.05) is 6.42 Å². The molecule has 0 bridgehead atoms. The van der Waals surface area contributed by atoms with Gasteiger partial charge in [0.2, 0.25) is 5.91 Å². The van der Waals surface area contributed by atoms with Crippen molar-refractivity contribution in [1.82, 2.24) is 5.32 Å². The number of allylic oxidation sites excluding steroid dienone is 19. The Morgan fingerprint density at radius 2 is 0.843 bits per heavy atom. The fourth-order valence-corrected chi connectivity index (χ4v) is 9.73. The molecule has 12 atom stereocenters. The van der Waals surface area contributed by atoms with E-state index >= 15 is 0 Å². The lowest BCUT2D eigenvalue weighted by molar-refractivity contribution is -0.359. The molecule has 1 amide bonds. The van der Waals surface area contributed by atoms with Gasteiger partial charge in [-0.3, -0.25) is 4.79 Å². The van der Waals surface area contributed by atoms with Gasteiger partial charge in [-0.2, -0.15) is 0 Å². The molecule has 2 fully saturated rings. The first kappa shape index (κ1) is 75.5. The van der Waals surface area contributed by atoms with E-state index in [0.717, 1.165) is 103 Å². The van der Waals surface area contributed by atoms with Gasteiger partial charge in [0.1, 0.15) is 48.8 Å². The van der Waals surface area contributed by atoms with E-state index in [9.17, 15) is 45.6 Å². The molecule has 474 valence electrons. The summed E-state index contributed by atoms with van der Waals surface area (Å²) in [5.74, 6) is -0.269. The van der Waals surface area contributed by atoms with Gasteiger partial charge in [-0.05, 0) is 96.3 Å². The van der Waals surface area contributed by atoms with Crippen LogP contribution in [0.5, 0.6) is 0 Å². The third-order valence-corrected chi connectivity index (χ3v) is 14.9. The standard InChI is InChI=1S/C69H115NO13/c1-3-5-7-9-11-13-15-17-19-21-23-24-25-26-27-28-29-30-31-32-33-34-35-37-39-41-43-45-47-49-51-53-61(74)70-57(58(73)52-50-48-46-44-42-40-38-36-22-20-18-16-14-12-10-8-6-4-2)56-80-68-66(79)64(77)67(60(55-72)82-68)83-69-65(78)63(76)62(75)59(54-71)81-69/h5,7,11,13,17,19,23-24,26-27,29-30,32-33,35,37,42,44,50,52,57-60,62-69,71-73,75-79H,3-4,6,8-10,12,14-16,18,20-22,25,28,31,34,36,38-41,43,45-49,51,53-56H2,1-2H3,(H,70,74)/b7-5-,13-11-,19-17-,24-23-,27-26-,30-29-,33-32-,37-35-,44-42+,52-50+. The highest BCUT2D eigenvalue weighted by molar-refractivity contribution is 5.76. The van der Waals surface area contributed by atoms with Crippen molar-refractivity contribution >= 4 is 5.91 Å². The van der Waals surface area contributed by atoms with Crippen LogP contribution in [0.2, 0.25) is 0 Å². The average molecular weight is 1170 g/mol. The first-order valence-electron chi connectivity index (χ1n) is 32.3.